The summed E-state index contributed by atoms with van der Waals surface area (Å²) in [4.78, 5) is 25.8. The zero-order valence-electron chi connectivity index (χ0n) is 12.5. The molecule has 0 unspecified atom stereocenters. The predicted molar refractivity (Wildman–Crippen MR) is 77.7 cm³/mol. The number of ether oxygens (including phenoxy) is 2. The summed E-state index contributed by atoms with van der Waals surface area (Å²) in [6.45, 7) is 0.448. The van der Waals surface area contributed by atoms with Gasteiger partial charge in [-0.1, -0.05) is 30.3 Å². The van der Waals surface area contributed by atoms with Crippen molar-refractivity contribution in [1.82, 2.24) is 4.90 Å². The fourth-order valence-corrected chi connectivity index (χ4v) is 2.64. The molecule has 0 N–H and O–H groups in total. The second-order valence-corrected chi connectivity index (χ2v) is 5.16. The van der Waals surface area contributed by atoms with Gasteiger partial charge in [-0.15, -0.1) is 0 Å². The van der Waals surface area contributed by atoms with Crippen LogP contribution in [0, 0.1) is 0 Å². The van der Waals surface area contributed by atoms with Gasteiger partial charge in [-0.3, -0.25) is 4.79 Å². The van der Waals surface area contributed by atoms with E-state index >= 15 is 0 Å². The summed E-state index contributed by atoms with van der Waals surface area (Å²) >= 11 is 0. The van der Waals surface area contributed by atoms with Crippen LogP contribution in [-0.4, -0.2) is 49.7 Å². The molecule has 114 valence electrons. The molecule has 0 aliphatic carbocycles. The molecule has 0 radical (unpaired) electrons. The largest absolute Gasteiger partial charge is 0.467 e. The molecule has 0 saturated carbocycles. The van der Waals surface area contributed by atoms with E-state index in [1.807, 2.05) is 30.3 Å². The third kappa shape index (κ3) is 3.82. The number of benzene rings is 1. The van der Waals surface area contributed by atoms with Crippen molar-refractivity contribution >= 4 is 11.9 Å². The minimum absolute atomic E-state index is 0.0335. The summed E-state index contributed by atoms with van der Waals surface area (Å²) in [5.41, 5.74) is 1.11. The van der Waals surface area contributed by atoms with E-state index in [-0.39, 0.29) is 18.0 Å². The van der Waals surface area contributed by atoms with Crippen molar-refractivity contribution < 1.29 is 19.1 Å². The van der Waals surface area contributed by atoms with E-state index < -0.39 is 6.04 Å². The van der Waals surface area contributed by atoms with Gasteiger partial charge in [0.2, 0.25) is 5.91 Å². The first-order chi connectivity index (χ1) is 10.2. The molecule has 1 heterocycles. The van der Waals surface area contributed by atoms with Crippen LogP contribution in [0.25, 0.3) is 0 Å². The first kappa shape index (κ1) is 15.5. The fraction of sp³-hybridized carbons (Fsp3) is 0.500. The van der Waals surface area contributed by atoms with Gasteiger partial charge in [-0.05, 0) is 12.0 Å². The summed E-state index contributed by atoms with van der Waals surface area (Å²) in [6.07, 6.45) is 1.45. The SMILES string of the molecule is COC(=O)[C@H]1C[C@@H](OC)CN1C(=O)CCc1ccccc1. The van der Waals surface area contributed by atoms with Crippen LogP contribution in [0.5, 0.6) is 0 Å². The number of nitrogens with zero attached hydrogens (tertiary/aromatic N) is 1. The lowest BCUT2D eigenvalue weighted by molar-refractivity contribution is -0.150. The molecule has 0 aromatic heterocycles. The quantitative estimate of drug-likeness (QED) is 0.770. The zero-order valence-corrected chi connectivity index (χ0v) is 12.5. The molecular formula is C16H21NO4. The Bertz CT molecular complexity index is 488. The molecule has 5 nitrogen and oxygen atoms in total. The lowest BCUT2D eigenvalue weighted by Gasteiger charge is -2.22. The Hall–Kier alpha value is -1.88. The Labute approximate surface area is 124 Å². The second kappa shape index (κ2) is 7.22. The number of esters is 1. The Kier molecular flexibility index (Phi) is 5.33. The number of hydrogen-bond donors (Lipinski definition) is 0. The Morgan fingerprint density at radius 1 is 1.24 bits per heavy atom. The molecule has 2 rings (SSSR count). The number of carbonyl (C=O) groups excluding carboxylic acids is 2. The molecule has 1 fully saturated rings. The van der Waals surface area contributed by atoms with Gasteiger partial charge in [0.1, 0.15) is 6.04 Å². The maximum Gasteiger partial charge on any atom is 0.328 e. The highest BCUT2D eigenvalue weighted by Crippen LogP contribution is 2.22. The number of rotatable bonds is 5. The van der Waals surface area contributed by atoms with E-state index in [1.165, 1.54) is 7.11 Å². The zero-order chi connectivity index (χ0) is 15.2. The molecule has 5 heteroatoms. The van der Waals surface area contributed by atoms with E-state index in [0.29, 0.717) is 25.8 Å². The van der Waals surface area contributed by atoms with Crippen LogP contribution in [0.1, 0.15) is 18.4 Å². The summed E-state index contributed by atoms with van der Waals surface area (Å²) < 4.78 is 10.1. The van der Waals surface area contributed by atoms with Crippen molar-refractivity contribution in [3.63, 3.8) is 0 Å². The highest BCUT2D eigenvalue weighted by atomic mass is 16.5. The topological polar surface area (TPSA) is 55.8 Å². The summed E-state index contributed by atoms with van der Waals surface area (Å²) in [7, 11) is 2.94. The Morgan fingerprint density at radius 2 is 1.95 bits per heavy atom. The summed E-state index contributed by atoms with van der Waals surface area (Å²) in [5.74, 6) is -0.406. The molecule has 1 aliphatic heterocycles. The molecule has 1 amide bonds. The Balaban J connectivity index is 1.97. The van der Waals surface area contributed by atoms with Gasteiger partial charge >= 0.3 is 5.97 Å². The standard InChI is InChI=1S/C16H21NO4/c1-20-13-10-14(16(19)21-2)17(11-13)15(18)9-8-12-6-4-3-5-7-12/h3-7,13-14H,8-11H2,1-2H3/t13-,14-/m1/s1. The van der Waals surface area contributed by atoms with Crippen LogP contribution in [0.4, 0.5) is 0 Å². The van der Waals surface area contributed by atoms with Gasteiger partial charge in [0.25, 0.3) is 0 Å². The minimum atomic E-state index is -0.525. The van der Waals surface area contributed by atoms with Crippen molar-refractivity contribution in [3.8, 4) is 0 Å². The monoisotopic (exact) mass is 291 g/mol. The van der Waals surface area contributed by atoms with E-state index in [1.54, 1.807) is 12.0 Å². The van der Waals surface area contributed by atoms with Crippen molar-refractivity contribution in [2.24, 2.45) is 0 Å². The second-order valence-electron chi connectivity index (χ2n) is 5.16. The lowest BCUT2D eigenvalue weighted by Crippen LogP contribution is -2.41. The third-order valence-electron chi connectivity index (χ3n) is 3.86. The van der Waals surface area contributed by atoms with Crippen LogP contribution in [0.15, 0.2) is 30.3 Å². The highest BCUT2D eigenvalue weighted by Gasteiger charge is 2.40. The predicted octanol–water partition coefficient (Wildman–Crippen LogP) is 1.41. The highest BCUT2D eigenvalue weighted by molar-refractivity contribution is 5.85. The molecule has 21 heavy (non-hydrogen) atoms. The van der Waals surface area contributed by atoms with Crippen LogP contribution in [-0.2, 0) is 25.5 Å². The smallest absolute Gasteiger partial charge is 0.328 e. The van der Waals surface area contributed by atoms with Crippen LogP contribution in [0.2, 0.25) is 0 Å². The lowest BCUT2D eigenvalue weighted by atomic mass is 10.1. The van der Waals surface area contributed by atoms with E-state index in [4.69, 9.17) is 9.47 Å². The number of aryl methyl sites for hydroxylation is 1. The minimum Gasteiger partial charge on any atom is -0.467 e. The summed E-state index contributed by atoms with van der Waals surface area (Å²) in [6, 6.07) is 9.31. The molecule has 1 aromatic rings. The number of hydrogen-bond acceptors (Lipinski definition) is 4. The maximum absolute atomic E-state index is 12.4. The van der Waals surface area contributed by atoms with Crippen molar-refractivity contribution in [2.75, 3.05) is 20.8 Å². The van der Waals surface area contributed by atoms with Crippen molar-refractivity contribution in [2.45, 2.75) is 31.4 Å². The molecular weight excluding hydrogens is 270 g/mol. The van der Waals surface area contributed by atoms with Crippen LogP contribution < -0.4 is 0 Å². The molecule has 0 bridgehead atoms. The molecule has 2 atom stereocenters. The number of amides is 1. The average Bonchev–Trinajstić information content (AvgIpc) is 2.97. The summed E-state index contributed by atoms with van der Waals surface area (Å²) in [5, 5.41) is 0. The molecule has 0 spiro atoms. The normalized spacial score (nSPS) is 21.3. The van der Waals surface area contributed by atoms with Gasteiger partial charge in [0, 0.05) is 26.5 Å². The van der Waals surface area contributed by atoms with Gasteiger partial charge in [0.05, 0.1) is 13.2 Å². The first-order valence-corrected chi connectivity index (χ1v) is 7.09. The number of methoxy groups -OCH3 is 2. The Morgan fingerprint density at radius 3 is 2.57 bits per heavy atom. The van der Waals surface area contributed by atoms with Gasteiger partial charge in [-0.2, -0.15) is 0 Å². The third-order valence-corrected chi connectivity index (χ3v) is 3.86. The number of carbonyl (C=O) groups is 2. The van der Waals surface area contributed by atoms with Crippen molar-refractivity contribution in [3.05, 3.63) is 35.9 Å². The van der Waals surface area contributed by atoms with E-state index in [0.717, 1.165) is 5.56 Å². The first-order valence-electron chi connectivity index (χ1n) is 7.09. The van der Waals surface area contributed by atoms with Crippen LogP contribution in [0.3, 0.4) is 0 Å². The number of likely N-dealkylation sites (tertiary alicyclic amines) is 1. The average molecular weight is 291 g/mol. The molecule has 1 saturated heterocycles. The van der Waals surface area contributed by atoms with Gasteiger partial charge in [-0.25, -0.2) is 4.79 Å². The van der Waals surface area contributed by atoms with Crippen LogP contribution >= 0.6 is 0 Å². The van der Waals surface area contributed by atoms with Gasteiger partial charge in [0.15, 0.2) is 0 Å². The van der Waals surface area contributed by atoms with E-state index in [9.17, 15) is 9.59 Å². The fourth-order valence-electron chi connectivity index (χ4n) is 2.64. The maximum atomic E-state index is 12.4. The van der Waals surface area contributed by atoms with E-state index in [2.05, 4.69) is 0 Å². The molecule has 1 aromatic carbocycles. The molecule has 1 aliphatic rings. The van der Waals surface area contributed by atoms with Crippen molar-refractivity contribution in [1.29, 1.82) is 0 Å². The van der Waals surface area contributed by atoms with Gasteiger partial charge < -0.3 is 14.4 Å².